The Hall–Kier alpha value is -1.45. The molecule has 1 rings (SSSR count). The number of aryl methyl sites for hydroxylation is 1. The van der Waals surface area contributed by atoms with Gasteiger partial charge in [-0.1, -0.05) is 15.9 Å². The molecule has 0 unspecified atom stereocenters. The van der Waals surface area contributed by atoms with Crippen LogP contribution in [0.3, 0.4) is 0 Å². The third-order valence-corrected chi connectivity index (χ3v) is 3.25. The molecule has 1 aromatic rings. The average Bonchev–Trinajstić information content (AvgIpc) is 2.38. The van der Waals surface area contributed by atoms with Gasteiger partial charge in [0.15, 0.2) is 16.8 Å². The highest BCUT2D eigenvalue weighted by Crippen LogP contribution is 2.21. The highest BCUT2D eigenvalue weighted by atomic mass is 79.9. The number of hydrogen-bond donors (Lipinski definition) is 4. The standard InChI is InChI=1S/C11H13BrN4O2S2/c1-6-4-7(2-3-8(6)12)18-5-9(17)14-11(20)16-15-10(13)19/h2-4H,5H2,1H3,(H3,13,15,19)(H2,14,16,17,20). The number of carbonyl (C=O) groups excluding carboxylic acids is 1. The zero-order chi connectivity index (χ0) is 15.1. The number of hydrazine groups is 1. The average molecular weight is 377 g/mol. The molecule has 0 saturated carbocycles. The molecule has 9 heteroatoms. The van der Waals surface area contributed by atoms with E-state index < -0.39 is 5.91 Å². The van der Waals surface area contributed by atoms with E-state index in [4.69, 9.17) is 22.7 Å². The number of benzene rings is 1. The SMILES string of the molecule is Cc1cc(OCC(=O)NC(=S)NNC(N)=S)ccc1Br. The maximum Gasteiger partial charge on any atom is 0.264 e. The van der Waals surface area contributed by atoms with E-state index in [0.717, 1.165) is 10.0 Å². The van der Waals surface area contributed by atoms with Crippen molar-refractivity contribution in [1.82, 2.24) is 16.2 Å². The second-order valence-corrected chi connectivity index (χ2v) is 5.39. The van der Waals surface area contributed by atoms with Crippen molar-refractivity contribution in [3.63, 3.8) is 0 Å². The van der Waals surface area contributed by atoms with Crippen LogP contribution in [0.15, 0.2) is 22.7 Å². The molecule has 0 aliphatic heterocycles. The maximum atomic E-state index is 11.6. The minimum absolute atomic E-state index is 0.0168. The largest absolute Gasteiger partial charge is 0.484 e. The number of hydrogen-bond acceptors (Lipinski definition) is 4. The van der Waals surface area contributed by atoms with Gasteiger partial charge in [-0.05, 0) is 55.1 Å². The first-order valence-electron chi connectivity index (χ1n) is 5.42. The van der Waals surface area contributed by atoms with Gasteiger partial charge in [-0.15, -0.1) is 0 Å². The second-order valence-electron chi connectivity index (χ2n) is 3.69. The summed E-state index contributed by atoms with van der Waals surface area (Å²) in [6.07, 6.45) is 0. The summed E-state index contributed by atoms with van der Waals surface area (Å²) in [6.45, 7) is 1.77. The van der Waals surface area contributed by atoms with E-state index in [-0.39, 0.29) is 16.8 Å². The van der Waals surface area contributed by atoms with Gasteiger partial charge in [0.25, 0.3) is 5.91 Å². The number of rotatable bonds is 3. The number of carbonyl (C=O) groups is 1. The predicted octanol–water partition coefficient (Wildman–Crippen LogP) is 0.875. The van der Waals surface area contributed by atoms with Gasteiger partial charge in [-0.2, -0.15) is 0 Å². The summed E-state index contributed by atoms with van der Waals surface area (Å²) in [4.78, 5) is 11.6. The van der Waals surface area contributed by atoms with Crippen LogP contribution < -0.4 is 26.6 Å². The molecule has 0 radical (unpaired) electrons. The summed E-state index contributed by atoms with van der Waals surface area (Å²) in [7, 11) is 0. The molecule has 0 aliphatic carbocycles. The van der Waals surface area contributed by atoms with Crippen molar-refractivity contribution in [2.24, 2.45) is 5.73 Å². The first kappa shape index (κ1) is 16.6. The molecular formula is C11H13BrN4O2S2. The molecule has 108 valence electrons. The minimum atomic E-state index is -0.396. The lowest BCUT2D eigenvalue weighted by atomic mass is 10.2. The highest BCUT2D eigenvalue weighted by Gasteiger charge is 2.06. The van der Waals surface area contributed by atoms with Crippen molar-refractivity contribution in [1.29, 1.82) is 0 Å². The predicted molar refractivity (Wildman–Crippen MR) is 88.2 cm³/mol. The normalized spacial score (nSPS) is 9.50. The fourth-order valence-electron chi connectivity index (χ4n) is 1.17. The Bertz CT molecular complexity index is 539. The van der Waals surface area contributed by atoms with Crippen LogP contribution in [-0.4, -0.2) is 22.7 Å². The van der Waals surface area contributed by atoms with Gasteiger partial charge in [0, 0.05) is 4.47 Å². The Morgan fingerprint density at radius 2 is 2.10 bits per heavy atom. The van der Waals surface area contributed by atoms with E-state index in [1.165, 1.54) is 0 Å². The quantitative estimate of drug-likeness (QED) is 0.459. The van der Waals surface area contributed by atoms with E-state index >= 15 is 0 Å². The molecule has 0 atom stereocenters. The smallest absolute Gasteiger partial charge is 0.264 e. The third kappa shape index (κ3) is 6.13. The van der Waals surface area contributed by atoms with Gasteiger partial charge in [0.05, 0.1) is 0 Å². The molecule has 0 aromatic heterocycles. The zero-order valence-electron chi connectivity index (χ0n) is 10.5. The molecule has 0 heterocycles. The van der Waals surface area contributed by atoms with Crippen LogP contribution in [0.1, 0.15) is 5.56 Å². The third-order valence-electron chi connectivity index (χ3n) is 2.05. The van der Waals surface area contributed by atoms with Crippen LogP contribution in [0.25, 0.3) is 0 Å². The fraction of sp³-hybridized carbons (Fsp3) is 0.182. The molecule has 0 saturated heterocycles. The first-order valence-corrected chi connectivity index (χ1v) is 7.03. The molecule has 0 aliphatic rings. The second kappa shape index (κ2) is 7.98. The molecular weight excluding hydrogens is 364 g/mol. The lowest BCUT2D eigenvalue weighted by molar-refractivity contribution is -0.121. The van der Waals surface area contributed by atoms with Crippen LogP contribution in [0.4, 0.5) is 0 Å². The first-order chi connectivity index (χ1) is 9.38. The lowest BCUT2D eigenvalue weighted by Gasteiger charge is -2.11. The van der Waals surface area contributed by atoms with Gasteiger partial charge < -0.3 is 10.5 Å². The lowest BCUT2D eigenvalue weighted by Crippen LogP contribution is -2.50. The van der Waals surface area contributed by atoms with Crippen LogP contribution in [0.5, 0.6) is 5.75 Å². The van der Waals surface area contributed by atoms with Crippen LogP contribution in [0, 0.1) is 6.92 Å². The molecule has 6 nitrogen and oxygen atoms in total. The van der Waals surface area contributed by atoms with Gasteiger partial charge >= 0.3 is 0 Å². The summed E-state index contributed by atoms with van der Waals surface area (Å²) in [5.74, 6) is 0.203. The van der Waals surface area contributed by atoms with E-state index in [0.29, 0.717) is 5.75 Å². The molecule has 5 N–H and O–H groups in total. The van der Waals surface area contributed by atoms with Crippen LogP contribution in [0.2, 0.25) is 0 Å². The van der Waals surface area contributed by atoms with Crippen molar-refractivity contribution < 1.29 is 9.53 Å². The number of amides is 1. The molecule has 20 heavy (non-hydrogen) atoms. The Morgan fingerprint density at radius 1 is 1.40 bits per heavy atom. The Kier molecular flexibility index (Phi) is 6.62. The summed E-state index contributed by atoms with van der Waals surface area (Å²) in [5.41, 5.74) is 11.0. The molecule has 0 spiro atoms. The summed E-state index contributed by atoms with van der Waals surface area (Å²) < 4.78 is 6.31. The summed E-state index contributed by atoms with van der Waals surface area (Å²) >= 11 is 12.8. The molecule has 1 amide bonds. The number of nitrogens with one attached hydrogen (secondary N) is 3. The van der Waals surface area contributed by atoms with Crippen molar-refractivity contribution in [2.75, 3.05) is 6.61 Å². The van der Waals surface area contributed by atoms with Crippen molar-refractivity contribution in [2.45, 2.75) is 6.92 Å². The Morgan fingerprint density at radius 3 is 2.70 bits per heavy atom. The number of nitrogens with two attached hydrogens (primary N) is 1. The fourth-order valence-corrected chi connectivity index (χ4v) is 1.63. The minimum Gasteiger partial charge on any atom is -0.484 e. The summed E-state index contributed by atoms with van der Waals surface area (Å²) in [5, 5.41) is 2.47. The van der Waals surface area contributed by atoms with E-state index in [1.807, 2.05) is 19.1 Å². The van der Waals surface area contributed by atoms with Gasteiger partial charge in [-0.3, -0.25) is 21.0 Å². The van der Waals surface area contributed by atoms with Crippen molar-refractivity contribution in [3.05, 3.63) is 28.2 Å². The Balaban J connectivity index is 2.37. The number of halogens is 1. The van der Waals surface area contributed by atoms with E-state index in [1.54, 1.807) is 6.07 Å². The van der Waals surface area contributed by atoms with Crippen LogP contribution >= 0.6 is 40.4 Å². The highest BCUT2D eigenvalue weighted by molar-refractivity contribution is 9.10. The van der Waals surface area contributed by atoms with Crippen molar-refractivity contribution in [3.8, 4) is 5.75 Å². The van der Waals surface area contributed by atoms with Gasteiger partial charge in [0.1, 0.15) is 5.75 Å². The van der Waals surface area contributed by atoms with Crippen molar-refractivity contribution >= 4 is 56.5 Å². The molecule has 1 aromatic carbocycles. The summed E-state index contributed by atoms with van der Waals surface area (Å²) in [6, 6.07) is 5.43. The van der Waals surface area contributed by atoms with E-state index in [2.05, 4.69) is 44.3 Å². The maximum absolute atomic E-state index is 11.6. The monoisotopic (exact) mass is 376 g/mol. The van der Waals surface area contributed by atoms with Gasteiger partial charge in [-0.25, -0.2) is 0 Å². The van der Waals surface area contributed by atoms with Crippen LogP contribution in [-0.2, 0) is 4.79 Å². The van der Waals surface area contributed by atoms with E-state index in [9.17, 15) is 4.79 Å². The molecule has 0 bridgehead atoms. The topological polar surface area (TPSA) is 88.4 Å². The zero-order valence-corrected chi connectivity index (χ0v) is 13.7. The number of ether oxygens (including phenoxy) is 1. The van der Waals surface area contributed by atoms with Gasteiger partial charge in [0.2, 0.25) is 0 Å². The Labute approximate surface area is 135 Å². The number of thiocarbonyl (C=S) groups is 2. The molecule has 0 fully saturated rings.